The van der Waals surface area contributed by atoms with Crippen molar-refractivity contribution in [1.29, 1.82) is 0 Å². The standard InChI is InChI=1S/C24H20N2O3/c27-23(21-11-5-15-26(21)24(28)22-12-6-16-29-22)25-20-10-4-9-19(17-20)14-13-18-7-2-1-3-8-18/h1-4,6-10,12,16-17,21H,5,11,15H2,(H,25,27). The van der Waals surface area contributed by atoms with Crippen LogP contribution in [-0.2, 0) is 4.79 Å². The molecule has 2 amide bonds. The zero-order valence-electron chi connectivity index (χ0n) is 15.8. The van der Waals surface area contributed by atoms with Crippen LogP contribution in [0, 0.1) is 11.8 Å². The van der Waals surface area contributed by atoms with Crippen molar-refractivity contribution in [3.63, 3.8) is 0 Å². The maximum Gasteiger partial charge on any atom is 0.290 e. The number of hydrogen-bond acceptors (Lipinski definition) is 3. The van der Waals surface area contributed by atoms with E-state index in [1.807, 2.05) is 54.6 Å². The molecular formula is C24H20N2O3. The Morgan fingerprint density at radius 1 is 0.966 bits per heavy atom. The molecule has 1 aliphatic heterocycles. The number of furan rings is 1. The first kappa shape index (κ1) is 18.6. The van der Waals surface area contributed by atoms with Crippen molar-refractivity contribution in [3.05, 3.63) is 89.9 Å². The quantitative estimate of drug-likeness (QED) is 0.696. The highest BCUT2D eigenvalue weighted by Gasteiger charge is 2.35. The van der Waals surface area contributed by atoms with Crippen LogP contribution in [0.1, 0.15) is 34.5 Å². The Bertz CT molecular complexity index is 1060. The predicted molar refractivity (Wildman–Crippen MR) is 110 cm³/mol. The highest BCUT2D eigenvalue weighted by molar-refractivity contribution is 6.00. The van der Waals surface area contributed by atoms with Gasteiger partial charge in [0.2, 0.25) is 5.91 Å². The van der Waals surface area contributed by atoms with Crippen LogP contribution in [-0.4, -0.2) is 29.3 Å². The van der Waals surface area contributed by atoms with Crippen LogP contribution < -0.4 is 5.32 Å². The van der Waals surface area contributed by atoms with E-state index in [1.54, 1.807) is 17.0 Å². The fourth-order valence-corrected chi connectivity index (χ4v) is 3.39. The van der Waals surface area contributed by atoms with Crippen LogP contribution in [0.25, 0.3) is 0 Å². The van der Waals surface area contributed by atoms with Gasteiger partial charge in [-0.25, -0.2) is 0 Å². The average Bonchev–Trinajstić information content (AvgIpc) is 3.45. The molecule has 1 aliphatic rings. The summed E-state index contributed by atoms with van der Waals surface area (Å²) in [7, 11) is 0. The van der Waals surface area contributed by atoms with Gasteiger partial charge in [-0.15, -0.1) is 0 Å². The zero-order chi connectivity index (χ0) is 20.1. The van der Waals surface area contributed by atoms with E-state index in [4.69, 9.17) is 4.42 Å². The van der Waals surface area contributed by atoms with Crippen LogP contribution in [0.15, 0.2) is 77.4 Å². The molecular weight excluding hydrogens is 364 g/mol. The second kappa shape index (κ2) is 8.49. The summed E-state index contributed by atoms with van der Waals surface area (Å²) in [5.41, 5.74) is 2.40. The molecule has 1 atom stereocenters. The van der Waals surface area contributed by atoms with Crippen molar-refractivity contribution in [2.45, 2.75) is 18.9 Å². The third kappa shape index (κ3) is 4.39. The van der Waals surface area contributed by atoms with Crippen LogP contribution in [0.3, 0.4) is 0 Å². The Balaban J connectivity index is 1.46. The van der Waals surface area contributed by atoms with Crippen LogP contribution in [0.4, 0.5) is 5.69 Å². The van der Waals surface area contributed by atoms with E-state index in [0.29, 0.717) is 18.7 Å². The number of rotatable bonds is 3. The number of carbonyl (C=O) groups is 2. The minimum Gasteiger partial charge on any atom is -0.459 e. The Morgan fingerprint density at radius 3 is 2.55 bits per heavy atom. The van der Waals surface area contributed by atoms with Crippen LogP contribution in [0.2, 0.25) is 0 Å². The Labute approximate surface area is 169 Å². The second-order valence-corrected chi connectivity index (χ2v) is 6.82. The Kier molecular flexibility index (Phi) is 5.44. The molecule has 0 radical (unpaired) electrons. The summed E-state index contributed by atoms with van der Waals surface area (Å²) in [6, 6.07) is 19.9. The molecule has 0 aliphatic carbocycles. The molecule has 3 aromatic rings. The van der Waals surface area contributed by atoms with E-state index in [1.165, 1.54) is 6.26 Å². The summed E-state index contributed by atoms with van der Waals surface area (Å²) in [5, 5.41) is 2.92. The molecule has 1 aromatic heterocycles. The minimum atomic E-state index is -0.508. The van der Waals surface area contributed by atoms with Gasteiger partial charge in [0.25, 0.3) is 5.91 Å². The molecule has 5 nitrogen and oxygen atoms in total. The van der Waals surface area contributed by atoms with E-state index in [9.17, 15) is 9.59 Å². The minimum absolute atomic E-state index is 0.199. The van der Waals surface area contributed by atoms with E-state index in [2.05, 4.69) is 17.2 Å². The molecule has 0 spiro atoms. The summed E-state index contributed by atoms with van der Waals surface area (Å²) in [6.45, 7) is 0.542. The lowest BCUT2D eigenvalue weighted by Crippen LogP contribution is -2.43. The first-order valence-corrected chi connectivity index (χ1v) is 9.53. The summed E-state index contributed by atoms with van der Waals surface area (Å²) in [6.07, 6.45) is 2.87. The van der Waals surface area contributed by atoms with Gasteiger partial charge in [-0.1, -0.05) is 36.1 Å². The van der Waals surface area contributed by atoms with Crippen LogP contribution in [0.5, 0.6) is 0 Å². The van der Waals surface area contributed by atoms with Crippen molar-refractivity contribution in [2.75, 3.05) is 11.9 Å². The Hall–Kier alpha value is -3.78. The van der Waals surface area contributed by atoms with Crippen molar-refractivity contribution in [1.82, 2.24) is 4.90 Å². The van der Waals surface area contributed by atoms with Gasteiger partial charge in [0, 0.05) is 23.4 Å². The number of benzene rings is 2. The number of nitrogens with one attached hydrogen (secondary N) is 1. The van der Waals surface area contributed by atoms with Gasteiger partial charge in [0.05, 0.1) is 6.26 Å². The second-order valence-electron chi connectivity index (χ2n) is 6.82. The van der Waals surface area contributed by atoms with E-state index in [0.717, 1.165) is 17.5 Å². The molecule has 1 unspecified atom stereocenters. The lowest BCUT2D eigenvalue weighted by molar-refractivity contribution is -0.119. The molecule has 2 heterocycles. The monoisotopic (exact) mass is 384 g/mol. The van der Waals surface area contributed by atoms with Gasteiger partial charge in [-0.05, 0) is 55.3 Å². The van der Waals surface area contributed by atoms with Crippen LogP contribution >= 0.6 is 0 Å². The summed E-state index contributed by atoms with van der Waals surface area (Å²) < 4.78 is 5.20. The third-order valence-electron chi connectivity index (χ3n) is 4.80. The highest BCUT2D eigenvalue weighted by atomic mass is 16.3. The fraction of sp³-hybridized carbons (Fsp3) is 0.167. The average molecular weight is 384 g/mol. The molecule has 29 heavy (non-hydrogen) atoms. The lowest BCUT2D eigenvalue weighted by atomic mass is 10.1. The number of anilines is 1. The smallest absolute Gasteiger partial charge is 0.290 e. The van der Waals surface area contributed by atoms with E-state index in [-0.39, 0.29) is 17.6 Å². The number of likely N-dealkylation sites (tertiary alicyclic amines) is 1. The van der Waals surface area contributed by atoms with Gasteiger partial charge in [-0.2, -0.15) is 0 Å². The molecule has 5 heteroatoms. The van der Waals surface area contributed by atoms with Gasteiger partial charge >= 0.3 is 0 Å². The van der Waals surface area contributed by atoms with Crippen molar-refractivity contribution in [2.24, 2.45) is 0 Å². The highest BCUT2D eigenvalue weighted by Crippen LogP contribution is 2.22. The summed E-state index contributed by atoms with van der Waals surface area (Å²) in [4.78, 5) is 27.0. The van der Waals surface area contributed by atoms with Gasteiger partial charge < -0.3 is 14.6 Å². The maximum absolute atomic E-state index is 12.8. The first-order valence-electron chi connectivity index (χ1n) is 9.53. The molecule has 4 rings (SSSR count). The SMILES string of the molecule is O=C(Nc1cccc(C#Cc2ccccc2)c1)C1CCCN1C(=O)c1ccco1. The third-order valence-corrected chi connectivity index (χ3v) is 4.80. The van der Waals surface area contributed by atoms with Gasteiger partial charge in [-0.3, -0.25) is 9.59 Å². The molecule has 0 bridgehead atoms. The number of carbonyl (C=O) groups excluding carboxylic acids is 2. The number of hydrogen-bond donors (Lipinski definition) is 1. The van der Waals surface area contributed by atoms with Crippen molar-refractivity contribution >= 4 is 17.5 Å². The van der Waals surface area contributed by atoms with Crippen molar-refractivity contribution < 1.29 is 14.0 Å². The fourth-order valence-electron chi connectivity index (χ4n) is 3.39. The molecule has 144 valence electrons. The molecule has 1 N–H and O–H groups in total. The summed E-state index contributed by atoms with van der Waals surface area (Å²) >= 11 is 0. The summed E-state index contributed by atoms with van der Waals surface area (Å²) in [5.74, 6) is 6.02. The van der Waals surface area contributed by atoms with Gasteiger partial charge in [0.15, 0.2) is 5.76 Å². The largest absolute Gasteiger partial charge is 0.459 e. The topological polar surface area (TPSA) is 62.6 Å². The maximum atomic E-state index is 12.8. The zero-order valence-corrected chi connectivity index (χ0v) is 15.8. The first-order chi connectivity index (χ1) is 14.2. The van der Waals surface area contributed by atoms with E-state index >= 15 is 0 Å². The number of nitrogens with zero attached hydrogens (tertiary/aromatic N) is 1. The molecule has 1 saturated heterocycles. The molecule has 1 fully saturated rings. The van der Waals surface area contributed by atoms with E-state index < -0.39 is 6.04 Å². The van der Waals surface area contributed by atoms with Crippen molar-refractivity contribution in [3.8, 4) is 11.8 Å². The van der Waals surface area contributed by atoms with Gasteiger partial charge in [0.1, 0.15) is 6.04 Å². The predicted octanol–water partition coefficient (Wildman–Crippen LogP) is 3.92. The lowest BCUT2D eigenvalue weighted by Gasteiger charge is -2.23. The Morgan fingerprint density at radius 2 is 1.76 bits per heavy atom. The molecule has 2 aromatic carbocycles. The molecule has 0 saturated carbocycles. The normalized spacial score (nSPS) is 15.4. The number of amides is 2.